The third kappa shape index (κ3) is 4.40. The number of amides is 1. The van der Waals surface area contributed by atoms with Crippen LogP contribution in [0, 0.1) is 5.82 Å². The van der Waals surface area contributed by atoms with Gasteiger partial charge in [-0.25, -0.2) is 4.39 Å². The normalized spacial score (nSPS) is 11.8. The number of aromatic nitrogens is 2. The Bertz CT molecular complexity index is 929. The van der Waals surface area contributed by atoms with Crippen LogP contribution in [0.1, 0.15) is 36.1 Å². The zero-order valence-electron chi connectivity index (χ0n) is 15.6. The Morgan fingerprint density at radius 1 is 1.19 bits per heavy atom. The second-order valence-corrected chi connectivity index (χ2v) is 7.00. The summed E-state index contributed by atoms with van der Waals surface area (Å²) in [4.78, 5) is 18.8. The minimum absolute atomic E-state index is 0.138. The molecule has 0 aliphatic carbocycles. The minimum atomic E-state index is -0.853. The van der Waals surface area contributed by atoms with Gasteiger partial charge in [-0.3, -0.25) is 4.79 Å². The van der Waals surface area contributed by atoms with Crippen LogP contribution in [0.3, 0.4) is 0 Å². The van der Waals surface area contributed by atoms with Crippen molar-refractivity contribution in [1.29, 1.82) is 0 Å². The van der Waals surface area contributed by atoms with Crippen LogP contribution >= 0.6 is 0 Å². The summed E-state index contributed by atoms with van der Waals surface area (Å²) in [6.07, 6.45) is 0. The van der Waals surface area contributed by atoms with Crippen LogP contribution in [-0.2, 0) is 12.1 Å². The van der Waals surface area contributed by atoms with Crippen molar-refractivity contribution in [1.82, 2.24) is 20.4 Å². The van der Waals surface area contributed by atoms with Crippen LogP contribution in [0.5, 0.6) is 0 Å². The van der Waals surface area contributed by atoms with Gasteiger partial charge in [0.15, 0.2) is 11.6 Å². The maximum atomic E-state index is 13.0. The summed E-state index contributed by atoms with van der Waals surface area (Å²) < 4.78 is 23.9. The van der Waals surface area contributed by atoms with Crippen molar-refractivity contribution in [3.63, 3.8) is 0 Å². The van der Waals surface area contributed by atoms with E-state index in [1.165, 1.54) is 12.1 Å². The first-order valence-electron chi connectivity index (χ1n) is 8.41. The van der Waals surface area contributed by atoms with Crippen molar-refractivity contribution in [2.24, 2.45) is 0 Å². The number of benzene rings is 1. The summed E-state index contributed by atoms with van der Waals surface area (Å²) in [7, 11) is 3.79. The van der Waals surface area contributed by atoms with Crippen molar-refractivity contribution in [3.8, 4) is 11.3 Å². The lowest BCUT2D eigenvalue weighted by Gasteiger charge is -2.21. The first kappa shape index (κ1) is 18.8. The van der Waals surface area contributed by atoms with E-state index in [9.17, 15) is 9.18 Å². The van der Waals surface area contributed by atoms with Gasteiger partial charge in [0.25, 0.3) is 5.91 Å². The van der Waals surface area contributed by atoms with Gasteiger partial charge in [-0.2, -0.15) is 4.98 Å². The topological polar surface area (TPSA) is 84.4 Å². The molecule has 1 amide bonds. The highest BCUT2D eigenvalue weighted by Crippen LogP contribution is 2.24. The van der Waals surface area contributed by atoms with Crippen LogP contribution in [0.2, 0.25) is 0 Å². The number of rotatable bonds is 6. The van der Waals surface area contributed by atoms with E-state index in [-0.39, 0.29) is 11.6 Å². The third-order valence-corrected chi connectivity index (χ3v) is 3.86. The molecular weight excluding hydrogens is 351 g/mol. The SMILES string of the molecule is CN(C)Cc1nc(C(C)(C)NC(=O)c2ccc(-c3ccc(F)cc3)o2)no1. The van der Waals surface area contributed by atoms with Crippen molar-refractivity contribution in [3.05, 3.63) is 59.7 Å². The molecule has 0 bridgehead atoms. The van der Waals surface area contributed by atoms with Crippen LogP contribution in [0.25, 0.3) is 11.3 Å². The highest BCUT2D eigenvalue weighted by Gasteiger charge is 2.30. The maximum absolute atomic E-state index is 13.0. The summed E-state index contributed by atoms with van der Waals surface area (Å²) in [6, 6.07) is 9.08. The monoisotopic (exact) mass is 372 g/mol. The Hall–Kier alpha value is -3.00. The van der Waals surface area contributed by atoms with Gasteiger partial charge in [-0.15, -0.1) is 0 Å². The molecule has 0 saturated heterocycles. The number of nitrogens with one attached hydrogen (secondary N) is 1. The second kappa shape index (κ2) is 7.32. The van der Waals surface area contributed by atoms with E-state index in [0.29, 0.717) is 29.6 Å². The molecule has 8 heteroatoms. The van der Waals surface area contributed by atoms with Gasteiger partial charge in [-0.05, 0) is 64.3 Å². The molecule has 1 aromatic carbocycles. The van der Waals surface area contributed by atoms with E-state index in [2.05, 4.69) is 15.5 Å². The standard InChI is InChI=1S/C19H21FN4O3/c1-19(2,18-21-16(27-23-18)11-24(3)4)22-17(25)15-10-9-14(26-15)12-5-7-13(20)8-6-12/h5-10H,11H2,1-4H3,(H,22,25). The molecule has 0 aliphatic heterocycles. The Morgan fingerprint density at radius 3 is 2.56 bits per heavy atom. The largest absolute Gasteiger partial charge is 0.451 e. The molecule has 0 radical (unpaired) electrons. The molecule has 7 nitrogen and oxygen atoms in total. The highest BCUT2D eigenvalue weighted by molar-refractivity contribution is 5.92. The summed E-state index contributed by atoms with van der Waals surface area (Å²) in [5.41, 5.74) is -0.172. The van der Waals surface area contributed by atoms with Gasteiger partial charge in [0, 0.05) is 5.56 Å². The number of furan rings is 1. The van der Waals surface area contributed by atoms with Gasteiger partial charge in [0.2, 0.25) is 5.89 Å². The Kier molecular flexibility index (Phi) is 5.09. The first-order valence-corrected chi connectivity index (χ1v) is 8.41. The first-order chi connectivity index (χ1) is 12.7. The van der Waals surface area contributed by atoms with Crippen LogP contribution < -0.4 is 5.32 Å². The fraction of sp³-hybridized carbons (Fsp3) is 0.316. The molecule has 0 aliphatic rings. The number of nitrogens with zero attached hydrogens (tertiary/aromatic N) is 3. The molecule has 0 saturated carbocycles. The summed E-state index contributed by atoms with van der Waals surface area (Å²) in [6.45, 7) is 4.06. The predicted molar refractivity (Wildman–Crippen MR) is 96.3 cm³/mol. The smallest absolute Gasteiger partial charge is 0.287 e. The van der Waals surface area contributed by atoms with E-state index in [1.54, 1.807) is 38.1 Å². The quantitative estimate of drug-likeness (QED) is 0.715. The summed E-state index contributed by atoms with van der Waals surface area (Å²) in [5.74, 6) is 0.711. The average Bonchev–Trinajstić information content (AvgIpc) is 3.24. The molecular formula is C19H21FN4O3. The Morgan fingerprint density at radius 2 is 1.89 bits per heavy atom. The number of carbonyl (C=O) groups excluding carboxylic acids is 1. The van der Waals surface area contributed by atoms with Crippen LogP contribution in [-0.4, -0.2) is 35.0 Å². The molecule has 3 rings (SSSR count). The van der Waals surface area contributed by atoms with Crippen LogP contribution in [0.15, 0.2) is 45.3 Å². The van der Waals surface area contributed by atoms with Crippen LogP contribution in [0.4, 0.5) is 4.39 Å². The number of hydrogen-bond donors (Lipinski definition) is 1. The molecule has 27 heavy (non-hydrogen) atoms. The van der Waals surface area contributed by atoms with Gasteiger partial charge in [-0.1, -0.05) is 5.16 Å². The van der Waals surface area contributed by atoms with Gasteiger partial charge in [0.1, 0.15) is 11.6 Å². The van der Waals surface area contributed by atoms with Crippen molar-refractivity contribution in [2.75, 3.05) is 14.1 Å². The lowest BCUT2D eigenvalue weighted by Crippen LogP contribution is -2.41. The predicted octanol–water partition coefficient (Wildman–Crippen LogP) is 3.20. The van der Waals surface area contributed by atoms with Crippen molar-refractivity contribution >= 4 is 5.91 Å². The van der Waals surface area contributed by atoms with E-state index >= 15 is 0 Å². The number of carbonyl (C=O) groups is 1. The zero-order chi connectivity index (χ0) is 19.6. The lowest BCUT2D eigenvalue weighted by molar-refractivity contribution is 0.0879. The fourth-order valence-electron chi connectivity index (χ4n) is 2.47. The van der Waals surface area contributed by atoms with Crippen molar-refractivity contribution < 1.29 is 18.1 Å². The van der Waals surface area contributed by atoms with E-state index < -0.39 is 11.4 Å². The average molecular weight is 372 g/mol. The van der Waals surface area contributed by atoms with E-state index in [0.717, 1.165) is 0 Å². The van der Waals surface area contributed by atoms with Crippen molar-refractivity contribution in [2.45, 2.75) is 25.9 Å². The Balaban J connectivity index is 1.72. The van der Waals surface area contributed by atoms with Gasteiger partial charge >= 0.3 is 0 Å². The van der Waals surface area contributed by atoms with Gasteiger partial charge < -0.3 is 19.2 Å². The lowest BCUT2D eigenvalue weighted by atomic mass is 10.0. The van der Waals surface area contributed by atoms with Gasteiger partial charge in [0.05, 0.1) is 12.1 Å². The molecule has 2 heterocycles. The minimum Gasteiger partial charge on any atom is -0.451 e. The molecule has 0 atom stereocenters. The molecule has 142 valence electrons. The summed E-state index contributed by atoms with van der Waals surface area (Å²) in [5, 5.41) is 6.79. The zero-order valence-corrected chi connectivity index (χ0v) is 15.6. The number of hydrogen-bond acceptors (Lipinski definition) is 6. The van der Waals surface area contributed by atoms with E-state index in [1.807, 2.05) is 19.0 Å². The maximum Gasteiger partial charge on any atom is 0.287 e. The highest BCUT2D eigenvalue weighted by atomic mass is 19.1. The van der Waals surface area contributed by atoms with E-state index in [4.69, 9.17) is 8.94 Å². The molecule has 1 N–H and O–H groups in total. The fourth-order valence-corrected chi connectivity index (χ4v) is 2.47. The summed E-state index contributed by atoms with van der Waals surface area (Å²) >= 11 is 0. The third-order valence-electron chi connectivity index (χ3n) is 3.86. The Labute approximate surface area is 156 Å². The molecule has 0 spiro atoms. The molecule has 2 aromatic heterocycles. The molecule has 0 unspecified atom stereocenters. The number of halogens is 1. The molecule has 3 aromatic rings. The molecule has 0 fully saturated rings. The second-order valence-electron chi connectivity index (χ2n) is 7.00.